The number of rotatable bonds is 8. The van der Waals surface area contributed by atoms with Gasteiger partial charge in [0.05, 0.1) is 23.0 Å². The van der Waals surface area contributed by atoms with Gasteiger partial charge in [-0.1, -0.05) is 41.9 Å². The normalized spacial score (nSPS) is 20.3. The predicted octanol–water partition coefficient (Wildman–Crippen LogP) is 2.75. The zero-order valence-electron chi connectivity index (χ0n) is 19.4. The van der Waals surface area contributed by atoms with Crippen molar-refractivity contribution >= 4 is 50.3 Å². The number of carbonyl (C=O) groups excluding carboxylic acids is 2. The van der Waals surface area contributed by atoms with Gasteiger partial charge in [0, 0.05) is 30.9 Å². The number of hydrogen-bond donors (Lipinski definition) is 1. The number of ether oxygens (including phenoxy) is 1. The van der Waals surface area contributed by atoms with Gasteiger partial charge in [0.1, 0.15) is 12.1 Å². The summed E-state index contributed by atoms with van der Waals surface area (Å²) in [6.45, 7) is 3.84. The van der Waals surface area contributed by atoms with E-state index in [0.717, 1.165) is 15.8 Å². The van der Waals surface area contributed by atoms with Crippen molar-refractivity contribution in [3.8, 4) is 0 Å². The van der Waals surface area contributed by atoms with Crippen molar-refractivity contribution in [3.63, 3.8) is 0 Å². The van der Waals surface area contributed by atoms with Crippen LogP contribution in [0.3, 0.4) is 0 Å². The fourth-order valence-electron chi connectivity index (χ4n) is 4.33. The van der Waals surface area contributed by atoms with Gasteiger partial charge in [0.2, 0.25) is 21.8 Å². The first-order chi connectivity index (χ1) is 16.7. The maximum absolute atomic E-state index is 13.5. The zero-order valence-corrected chi connectivity index (χ0v) is 21.7. The molecule has 0 saturated carbocycles. The Bertz CT molecular complexity index is 1190. The lowest BCUT2D eigenvalue weighted by atomic mass is 10.0. The van der Waals surface area contributed by atoms with Gasteiger partial charge in [-0.25, -0.2) is 8.42 Å². The second-order valence-corrected chi connectivity index (χ2v) is 11.9. The van der Waals surface area contributed by atoms with Gasteiger partial charge < -0.3 is 14.5 Å². The quantitative estimate of drug-likeness (QED) is 0.558. The highest BCUT2D eigenvalue weighted by Crippen LogP contribution is 2.28. The van der Waals surface area contributed by atoms with Crippen molar-refractivity contribution < 1.29 is 22.7 Å². The maximum Gasteiger partial charge on any atom is 0.245 e. The highest BCUT2D eigenvalue weighted by atomic mass is 35.5. The van der Waals surface area contributed by atoms with E-state index in [1.807, 2.05) is 30.3 Å². The Morgan fingerprint density at radius 2 is 1.91 bits per heavy atom. The number of benzene rings is 1. The van der Waals surface area contributed by atoms with Gasteiger partial charge in [0.15, 0.2) is 0 Å². The van der Waals surface area contributed by atoms with Crippen LogP contribution in [0.25, 0.3) is 5.57 Å². The van der Waals surface area contributed by atoms with Gasteiger partial charge in [-0.2, -0.15) is 4.72 Å². The Morgan fingerprint density at radius 1 is 1.20 bits per heavy atom. The molecule has 4 rings (SSSR count). The molecule has 2 aliphatic heterocycles. The number of sulfonamides is 1. The average molecular weight is 538 g/mol. The molecule has 1 aromatic carbocycles. The van der Waals surface area contributed by atoms with Crippen LogP contribution in [0.4, 0.5) is 0 Å². The van der Waals surface area contributed by atoms with Crippen LogP contribution in [0.2, 0.25) is 4.34 Å². The molecule has 2 aromatic rings. The van der Waals surface area contributed by atoms with Crippen LogP contribution in [0, 0.1) is 0 Å². The Morgan fingerprint density at radius 3 is 2.57 bits per heavy atom. The number of morpholine rings is 1. The molecule has 0 spiro atoms. The van der Waals surface area contributed by atoms with Crippen LogP contribution in [0.1, 0.15) is 23.8 Å². The van der Waals surface area contributed by atoms with Gasteiger partial charge in [-0.3, -0.25) is 9.59 Å². The summed E-state index contributed by atoms with van der Waals surface area (Å²) >= 11 is 7.24. The fraction of sp³-hybridized carbons (Fsp3) is 0.417. The van der Waals surface area contributed by atoms with E-state index in [0.29, 0.717) is 49.2 Å². The summed E-state index contributed by atoms with van der Waals surface area (Å²) in [5.74, 6) is -0.527. The first-order valence-electron chi connectivity index (χ1n) is 11.4. The standard InChI is InChI=1S/C24H28ClN3O5S2/c1-17(21-7-8-22(25)34-21)16-35(31,32)26-19-9-10-28(23(19)29)20(15-18-5-3-2-4-6-18)24(30)27-11-13-33-14-12-27/h2-8,16,19-20,26H,9-15H2,1H3/t19-,20-/m0/s1. The smallest absolute Gasteiger partial charge is 0.245 e. The van der Waals surface area contributed by atoms with E-state index in [4.69, 9.17) is 16.3 Å². The molecular weight excluding hydrogens is 510 g/mol. The van der Waals surface area contributed by atoms with Gasteiger partial charge in [0.25, 0.3) is 0 Å². The third kappa shape index (κ3) is 6.50. The van der Waals surface area contributed by atoms with Gasteiger partial charge in [-0.15, -0.1) is 11.3 Å². The number of nitrogens with one attached hydrogen (secondary N) is 1. The summed E-state index contributed by atoms with van der Waals surface area (Å²) in [7, 11) is -3.89. The van der Waals surface area contributed by atoms with Crippen LogP contribution >= 0.6 is 22.9 Å². The van der Waals surface area contributed by atoms with Crippen LogP contribution in [-0.2, 0) is 30.8 Å². The average Bonchev–Trinajstić information content (AvgIpc) is 3.43. The molecule has 188 valence electrons. The van der Waals surface area contributed by atoms with Crippen molar-refractivity contribution in [1.29, 1.82) is 0 Å². The summed E-state index contributed by atoms with van der Waals surface area (Å²) in [5.41, 5.74) is 1.46. The number of carbonyl (C=O) groups is 2. The molecule has 3 heterocycles. The number of halogens is 1. The molecule has 2 aliphatic rings. The highest BCUT2D eigenvalue weighted by molar-refractivity contribution is 7.92. The van der Waals surface area contributed by atoms with E-state index in [-0.39, 0.29) is 18.2 Å². The van der Waals surface area contributed by atoms with Crippen molar-refractivity contribution in [2.24, 2.45) is 0 Å². The molecule has 2 fully saturated rings. The highest BCUT2D eigenvalue weighted by Gasteiger charge is 2.41. The van der Waals surface area contributed by atoms with Crippen molar-refractivity contribution in [1.82, 2.24) is 14.5 Å². The lowest BCUT2D eigenvalue weighted by Crippen LogP contribution is -2.54. The molecule has 1 aromatic heterocycles. The molecular formula is C24H28ClN3O5S2. The van der Waals surface area contributed by atoms with Crippen molar-refractivity contribution in [2.45, 2.75) is 31.8 Å². The SMILES string of the molecule is CC(=CS(=O)(=O)N[C@H]1CCN([C@@H](Cc2ccccc2)C(=O)N2CCOCC2)C1=O)c1ccc(Cl)s1. The second kappa shape index (κ2) is 11.2. The minimum Gasteiger partial charge on any atom is -0.378 e. The Labute approximate surface area is 214 Å². The largest absolute Gasteiger partial charge is 0.378 e. The van der Waals surface area contributed by atoms with E-state index in [1.165, 1.54) is 16.2 Å². The summed E-state index contributed by atoms with van der Waals surface area (Å²) in [4.78, 5) is 30.8. The van der Waals surface area contributed by atoms with Gasteiger partial charge in [-0.05, 0) is 36.6 Å². The van der Waals surface area contributed by atoms with Crippen LogP contribution in [-0.4, -0.2) is 75.0 Å². The van der Waals surface area contributed by atoms with E-state index < -0.39 is 22.1 Å². The number of allylic oxidation sites excluding steroid dienone is 1. The van der Waals surface area contributed by atoms with Crippen LogP contribution in [0.15, 0.2) is 47.9 Å². The van der Waals surface area contributed by atoms with Crippen molar-refractivity contribution in [2.75, 3.05) is 32.8 Å². The molecule has 0 unspecified atom stereocenters. The monoisotopic (exact) mass is 537 g/mol. The maximum atomic E-state index is 13.5. The number of nitrogens with zero attached hydrogens (tertiary/aromatic N) is 2. The third-order valence-electron chi connectivity index (χ3n) is 6.10. The molecule has 8 nitrogen and oxygen atoms in total. The first-order valence-corrected chi connectivity index (χ1v) is 14.1. The minimum atomic E-state index is -3.89. The summed E-state index contributed by atoms with van der Waals surface area (Å²) in [5, 5.41) is 1.12. The summed E-state index contributed by atoms with van der Waals surface area (Å²) < 4.78 is 34.0. The minimum absolute atomic E-state index is 0.140. The van der Waals surface area contributed by atoms with Crippen LogP contribution < -0.4 is 4.72 Å². The topological polar surface area (TPSA) is 96.0 Å². The molecule has 11 heteroatoms. The molecule has 35 heavy (non-hydrogen) atoms. The first kappa shape index (κ1) is 25.8. The molecule has 2 saturated heterocycles. The lowest BCUT2D eigenvalue weighted by Gasteiger charge is -2.34. The van der Waals surface area contributed by atoms with E-state index in [9.17, 15) is 18.0 Å². The number of thiophene rings is 1. The van der Waals surface area contributed by atoms with Gasteiger partial charge >= 0.3 is 0 Å². The second-order valence-electron chi connectivity index (χ2n) is 8.58. The number of likely N-dealkylation sites (tertiary alicyclic amines) is 1. The Kier molecular flexibility index (Phi) is 8.28. The molecule has 1 N–H and O–H groups in total. The van der Waals surface area contributed by atoms with Crippen molar-refractivity contribution in [3.05, 3.63) is 62.6 Å². The lowest BCUT2D eigenvalue weighted by molar-refractivity contribution is -0.146. The molecule has 2 amide bonds. The summed E-state index contributed by atoms with van der Waals surface area (Å²) in [6, 6.07) is 11.4. The third-order valence-corrected chi connectivity index (χ3v) is 8.74. The molecule has 2 atom stereocenters. The van der Waals surface area contributed by atoms with E-state index in [2.05, 4.69) is 4.72 Å². The van der Waals surface area contributed by atoms with E-state index in [1.54, 1.807) is 24.0 Å². The molecule has 0 bridgehead atoms. The Balaban J connectivity index is 1.50. The van der Waals surface area contributed by atoms with E-state index >= 15 is 0 Å². The zero-order chi connectivity index (χ0) is 25.0. The van der Waals surface area contributed by atoms with Crippen LogP contribution in [0.5, 0.6) is 0 Å². The predicted molar refractivity (Wildman–Crippen MR) is 136 cm³/mol. The number of amides is 2. The number of hydrogen-bond acceptors (Lipinski definition) is 6. The molecule has 0 radical (unpaired) electrons. The fourth-order valence-corrected chi connectivity index (χ4v) is 6.70. The molecule has 0 aliphatic carbocycles. The Hall–Kier alpha value is -2.24. The summed E-state index contributed by atoms with van der Waals surface area (Å²) in [6.07, 6.45) is 0.651.